The summed E-state index contributed by atoms with van der Waals surface area (Å²) in [5.41, 5.74) is 4.17. The first-order valence-electron chi connectivity index (χ1n) is 10.7. The number of aromatic nitrogens is 3. The largest absolute Gasteiger partial charge is 0.482 e. The summed E-state index contributed by atoms with van der Waals surface area (Å²) >= 11 is 0. The van der Waals surface area contributed by atoms with Gasteiger partial charge < -0.3 is 18.4 Å². The smallest absolute Gasteiger partial charge is 0.344 e. The molecule has 0 unspecified atom stereocenters. The van der Waals surface area contributed by atoms with Crippen LogP contribution in [0.25, 0.3) is 22.7 Å². The van der Waals surface area contributed by atoms with E-state index in [2.05, 4.69) is 29.2 Å². The van der Waals surface area contributed by atoms with Gasteiger partial charge in [-0.2, -0.15) is 0 Å². The number of nitrogens with zero attached hydrogens (tertiary/aromatic N) is 3. The van der Waals surface area contributed by atoms with Crippen LogP contribution >= 0.6 is 0 Å². The lowest BCUT2D eigenvalue weighted by Crippen LogP contribution is -2.15. The van der Waals surface area contributed by atoms with Gasteiger partial charge in [-0.1, -0.05) is 61.5 Å². The molecule has 0 radical (unpaired) electrons. The first-order valence-corrected chi connectivity index (χ1v) is 10.7. The molecule has 4 aromatic rings. The van der Waals surface area contributed by atoms with Gasteiger partial charge in [0.05, 0.1) is 0 Å². The van der Waals surface area contributed by atoms with Crippen molar-refractivity contribution in [2.75, 3.05) is 6.61 Å². The maximum atomic E-state index is 12.2. The maximum Gasteiger partial charge on any atom is 0.344 e. The zero-order valence-electron chi connectivity index (χ0n) is 19.0. The fourth-order valence-corrected chi connectivity index (χ4v) is 3.39. The molecular formula is C25H25N3O5. The van der Waals surface area contributed by atoms with Crippen molar-refractivity contribution in [2.24, 2.45) is 0 Å². The van der Waals surface area contributed by atoms with Gasteiger partial charge in [-0.25, -0.2) is 4.79 Å². The Morgan fingerprint density at radius 3 is 2.61 bits per heavy atom. The Hall–Kier alpha value is -3.94. The summed E-state index contributed by atoms with van der Waals surface area (Å²) in [7, 11) is 0. The molecule has 4 rings (SSSR count). The Morgan fingerprint density at radius 1 is 1.06 bits per heavy atom. The van der Waals surface area contributed by atoms with Crippen LogP contribution in [0.3, 0.4) is 0 Å². The second kappa shape index (κ2) is 9.68. The van der Waals surface area contributed by atoms with Crippen molar-refractivity contribution >= 4 is 5.97 Å². The quantitative estimate of drug-likeness (QED) is 0.337. The van der Waals surface area contributed by atoms with Crippen molar-refractivity contribution in [3.63, 3.8) is 0 Å². The Balaban J connectivity index is 1.39. The molecule has 170 valence electrons. The van der Waals surface area contributed by atoms with E-state index in [4.69, 9.17) is 18.4 Å². The van der Waals surface area contributed by atoms with E-state index in [1.807, 2.05) is 55.5 Å². The van der Waals surface area contributed by atoms with Crippen molar-refractivity contribution in [2.45, 2.75) is 40.2 Å². The summed E-state index contributed by atoms with van der Waals surface area (Å²) in [4.78, 5) is 12.2. The van der Waals surface area contributed by atoms with Crippen LogP contribution < -0.4 is 4.74 Å². The second-order valence-electron chi connectivity index (χ2n) is 7.97. The Kier molecular flexibility index (Phi) is 6.53. The lowest BCUT2D eigenvalue weighted by molar-refractivity contribution is -0.148. The number of rotatable bonds is 8. The minimum absolute atomic E-state index is 0.162. The molecule has 2 aromatic carbocycles. The Bertz CT molecular complexity index is 1240. The number of hydrogen-bond acceptors (Lipinski definition) is 8. The van der Waals surface area contributed by atoms with Crippen LogP contribution in [0.2, 0.25) is 0 Å². The fraction of sp³-hybridized carbons (Fsp3) is 0.280. The lowest BCUT2D eigenvalue weighted by Gasteiger charge is -2.14. The molecule has 0 bridgehead atoms. The van der Waals surface area contributed by atoms with Gasteiger partial charge in [-0.05, 0) is 37.0 Å². The van der Waals surface area contributed by atoms with E-state index < -0.39 is 5.97 Å². The van der Waals surface area contributed by atoms with Gasteiger partial charge in [0.1, 0.15) is 22.8 Å². The van der Waals surface area contributed by atoms with Crippen molar-refractivity contribution in [3.8, 4) is 28.5 Å². The van der Waals surface area contributed by atoms with Gasteiger partial charge in [0.15, 0.2) is 13.2 Å². The van der Waals surface area contributed by atoms with E-state index in [-0.39, 0.29) is 30.9 Å². The third-order valence-corrected chi connectivity index (χ3v) is 5.08. The SMILES string of the molecule is Cc1ccc(C(C)C)c(OCC(=O)OCc2nnc(-c3c(-c4ccccc4)noc3C)o2)c1. The van der Waals surface area contributed by atoms with Gasteiger partial charge >= 0.3 is 5.97 Å². The zero-order valence-corrected chi connectivity index (χ0v) is 19.0. The van der Waals surface area contributed by atoms with Gasteiger partial charge in [0.25, 0.3) is 11.8 Å². The highest BCUT2D eigenvalue weighted by Gasteiger charge is 2.22. The molecule has 0 spiro atoms. The van der Waals surface area contributed by atoms with E-state index in [0.29, 0.717) is 22.8 Å². The maximum absolute atomic E-state index is 12.2. The summed E-state index contributed by atoms with van der Waals surface area (Å²) < 4.78 is 22.0. The number of esters is 1. The van der Waals surface area contributed by atoms with Gasteiger partial charge in [-0.15, -0.1) is 10.2 Å². The normalized spacial score (nSPS) is 11.1. The standard InChI is InChI=1S/C25H25N3O5/c1-15(2)19-11-10-16(3)12-20(19)30-14-22(29)31-13-21-26-27-25(32-21)23-17(4)33-28-24(23)18-8-6-5-7-9-18/h5-12,15H,13-14H2,1-4H3. The summed E-state index contributed by atoms with van der Waals surface area (Å²) in [6.07, 6.45) is 0. The molecule has 0 N–H and O–H groups in total. The van der Waals surface area contributed by atoms with Crippen molar-refractivity contribution < 1.29 is 23.2 Å². The first-order chi connectivity index (χ1) is 15.9. The molecule has 2 aromatic heterocycles. The van der Waals surface area contributed by atoms with Crippen LogP contribution in [-0.2, 0) is 16.1 Å². The van der Waals surface area contributed by atoms with Crippen molar-refractivity contribution in [1.82, 2.24) is 15.4 Å². The molecule has 0 fully saturated rings. The number of benzene rings is 2. The Labute approximate surface area is 191 Å². The number of carbonyl (C=O) groups excluding carboxylic acids is 1. The minimum atomic E-state index is -0.530. The molecule has 2 heterocycles. The number of carbonyl (C=O) groups is 1. The predicted octanol–water partition coefficient (Wildman–Crippen LogP) is 5.25. The second-order valence-corrected chi connectivity index (χ2v) is 7.97. The summed E-state index contributed by atoms with van der Waals surface area (Å²) in [6, 6.07) is 15.5. The van der Waals surface area contributed by atoms with E-state index >= 15 is 0 Å². The van der Waals surface area contributed by atoms with E-state index in [1.165, 1.54) is 0 Å². The molecule has 8 nitrogen and oxygen atoms in total. The van der Waals surface area contributed by atoms with Gasteiger partial charge in [0, 0.05) is 5.56 Å². The average Bonchev–Trinajstić information content (AvgIpc) is 3.42. The highest BCUT2D eigenvalue weighted by atomic mass is 16.6. The summed E-state index contributed by atoms with van der Waals surface area (Å²) in [5, 5.41) is 12.2. The predicted molar refractivity (Wildman–Crippen MR) is 121 cm³/mol. The third-order valence-electron chi connectivity index (χ3n) is 5.08. The number of aryl methyl sites for hydroxylation is 2. The monoisotopic (exact) mass is 447 g/mol. The summed E-state index contributed by atoms with van der Waals surface area (Å²) in [6.45, 7) is 7.51. The molecule has 0 atom stereocenters. The third kappa shape index (κ3) is 5.11. The molecule has 0 aliphatic carbocycles. The van der Waals surface area contributed by atoms with Crippen molar-refractivity contribution in [3.05, 3.63) is 71.3 Å². The fourth-order valence-electron chi connectivity index (χ4n) is 3.39. The highest BCUT2D eigenvalue weighted by molar-refractivity contribution is 5.77. The Morgan fingerprint density at radius 2 is 1.85 bits per heavy atom. The molecule has 0 aliphatic heterocycles. The molecule has 0 aliphatic rings. The van der Waals surface area contributed by atoms with E-state index in [1.54, 1.807) is 6.92 Å². The average molecular weight is 447 g/mol. The minimum Gasteiger partial charge on any atom is -0.482 e. The molecule has 0 saturated heterocycles. The van der Waals surface area contributed by atoms with Crippen LogP contribution in [0.15, 0.2) is 57.5 Å². The molecular weight excluding hydrogens is 422 g/mol. The van der Waals surface area contributed by atoms with E-state index in [9.17, 15) is 4.79 Å². The molecule has 0 amide bonds. The van der Waals surface area contributed by atoms with Gasteiger partial charge in [0.2, 0.25) is 0 Å². The zero-order chi connectivity index (χ0) is 23.4. The molecule has 33 heavy (non-hydrogen) atoms. The highest BCUT2D eigenvalue weighted by Crippen LogP contribution is 2.33. The lowest BCUT2D eigenvalue weighted by atomic mass is 10.0. The van der Waals surface area contributed by atoms with Crippen LogP contribution in [0.4, 0.5) is 0 Å². The number of hydrogen-bond donors (Lipinski definition) is 0. The summed E-state index contributed by atoms with van der Waals surface area (Å²) in [5.74, 6) is 1.38. The topological polar surface area (TPSA) is 100 Å². The van der Waals surface area contributed by atoms with Crippen LogP contribution in [0.1, 0.15) is 42.5 Å². The number of ether oxygens (including phenoxy) is 2. The molecule has 8 heteroatoms. The first kappa shape index (κ1) is 22.3. The van der Waals surface area contributed by atoms with Crippen LogP contribution in [0, 0.1) is 13.8 Å². The van der Waals surface area contributed by atoms with E-state index in [0.717, 1.165) is 16.7 Å². The van der Waals surface area contributed by atoms with Crippen LogP contribution in [-0.4, -0.2) is 27.9 Å². The molecule has 0 saturated carbocycles. The van der Waals surface area contributed by atoms with Crippen LogP contribution in [0.5, 0.6) is 5.75 Å². The van der Waals surface area contributed by atoms with Gasteiger partial charge in [-0.3, -0.25) is 0 Å². The van der Waals surface area contributed by atoms with Crippen molar-refractivity contribution in [1.29, 1.82) is 0 Å².